The van der Waals surface area contributed by atoms with E-state index in [1.165, 1.54) is 0 Å². The van der Waals surface area contributed by atoms with Crippen LogP contribution in [0, 0.1) is 40.5 Å². The molecule has 0 aliphatic carbocycles. The molecule has 0 radical (unpaired) electrons. The van der Waals surface area contributed by atoms with Crippen molar-refractivity contribution < 1.29 is 32.3 Å². The van der Waals surface area contributed by atoms with Crippen molar-refractivity contribution in [2.24, 2.45) is 0 Å². The maximum Gasteiger partial charge on any atom is 0.479 e. The Kier molecular flexibility index (Phi) is 6.34. The van der Waals surface area contributed by atoms with Crippen molar-refractivity contribution in [1.82, 2.24) is 0 Å². The van der Waals surface area contributed by atoms with Gasteiger partial charge in [0.25, 0.3) is 0 Å². The van der Waals surface area contributed by atoms with E-state index in [0.717, 1.165) is 0 Å². The molecule has 126 valence electrons. The molecule has 0 fully saturated rings. The molecule has 0 bridgehead atoms. The summed E-state index contributed by atoms with van der Waals surface area (Å²) in [6.07, 6.45) is 0. The first-order valence-corrected chi connectivity index (χ1v) is 6.14. The third kappa shape index (κ3) is 4.33. The summed E-state index contributed by atoms with van der Waals surface area (Å²) in [5.74, 6) is 0. The zero-order chi connectivity index (χ0) is 17.7. The summed E-state index contributed by atoms with van der Waals surface area (Å²) in [5, 5.41) is 42.1. The Morgan fingerprint density at radius 2 is 1.00 bits per heavy atom. The fourth-order valence-corrected chi connectivity index (χ4v) is 1.40. The molecule has 0 aromatic heterocycles. The van der Waals surface area contributed by atoms with E-state index in [4.69, 9.17) is 0 Å². The fourth-order valence-electron chi connectivity index (χ4n) is 0.698. The van der Waals surface area contributed by atoms with E-state index >= 15 is 0 Å². The molecular weight excluding hydrogens is 336 g/mol. The first kappa shape index (κ1) is 19.7. The van der Waals surface area contributed by atoms with Gasteiger partial charge in [0.05, 0.1) is 13.8 Å². The summed E-state index contributed by atoms with van der Waals surface area (Å²) in [7, 11) is 0. The molecule has 0 aliphatic rings. The van der Waals surface area contributed by atoms with Crippen LogP contribution in [0.25, 0.3) is 0 Å². The molecule has 0 amide bonds. The Balaban J connectivity index is 4.72. The molecule has 22 heavy (non-hydrogen) atoms. The van der Waals surface area contributed by atoms with Crippen LogP contribution in [-0.2, 0) is 19.7 Å². The van der Waals surface area contributed by atoms with Gasteiger partial charge in [-0.3, -0.25) is 48.8 Å². The van der Waals surface area contributed by atoms with Crippen LogP contribution in [0.15, 0.2) is 0 Å². The lowest BCUT2D eigenvalue weighted by molar-refractivity contribution is -0.793. The van der Waals surface area contributed by atoms with Crippen molar-refractivity contribution >= 4 is 11.4 Å². The molecule has 0 rings (SSSR count). The van der Waals surface area contributed by atoms with E-state index in [0.29, 0.717) is 13.8 Å². The van der Waals surface area contributed by atoms with Gasteiger partial charge in [0.2, 0.25) is 13.2 Å². The lowest BCUT2D eigenvalue weighted by Gasteiger charge is -2.13. The third-order valence-electron chi connectivity index (χ3n) is 2.43. The lowest BCUT2D eigenvalue weighted by atomic mass is 10.2. The van der Waals surface area contributed by atoms with E-state index < -0.39 is 55.6 Å². The van der Waals surface area contributed by atoms with Crippen molar-refractivity contribution in [2.75, 3.05) is 13.2 Å². The average Bonchev–Trinajstić information content (AvgIpc) is 2.40. The summed E-state index contributed by atoms with van der Waals surface area (Å²) < 4.78 is 19.6. The fraction of sp³-hybridized carbons (Fsp3) is 1.00. The van der Waals surface area contributed by atoms with Crippen LogP contribution < -0.4 is 0 Å². The van der Waals surface area contributed by atoms with Crippen LogP contribution in [-0.4, -0.2) is 48.4 Å². The van der Waals surface area contributed by atoms with Crippen LogP contribution in [0.2, 0.25) is 0 Å². The van der Waals surface area contributed by atoms with Gasteiger partial charge in [-0.2, -0.15) is 4.21 Å². The Hall–Kier alpha value is -2.33. The molecule has 16 heteroatoms. The van der Waals surface area contributed by atoms with Crippen molar-refractivity contribution in [3.63, 3.8) is 0 Å². The van der Waals surface area contributed by atoms with Gasteiger partial charge in [0.15, 0.2) is 0 Å². The number of nitrogens with zero attached hydrogens (tertiary/aromatic N) is 4. The minimum Gasteiger partial charge on any atom is -0.258 e. The molecule has 0 aromatic carbocycles. The zero-order valence-corrected chi connectivity index (χ0v) is 11.9. The highest BCUT2D eigenvalue weighted by Crippen LogP contribution is 2.14. The van der Waals surface area contributed by atoms with E-state index in [2.05, 4.69) is 8.37 Å². The van der Waals surface area contributed by atoms with Gasteiger partial charge in [-0.25, -0.2) is 0 Å². The average molecular weight is 346 g/mol. The Labute approximate surface area is 123 Å². The topological polar surface area (TPSA) is 208 Å². The molecule has 0 heterocycles. The lowest BCUT2D eigenvalue weighted by Crippen LogP contribution is -2.49. The molecular formula is C6H10N4O11S. The molecule has 0 atom stereocenters. The van der Waals surface area contributed by atoms with E-state index in [1.807, 2.05) is 0 Å². The van der Waals surface area contributed by atoms with Crippen LogP contribution in [0.3, 0.4) is 0 Å². The normalized spacial score (nSPS) is 12.1. The van der Waals surface area contributed by atoms with Gasteiger partial charge >= 0.3 is 22.7 Å². The van der Waals surface area contributed by atoms with Crippen molar-refractivity contribution in [3.05, 3.63) is 40.5 Å². The van der Waals surface area contributed by atoms with Gasteiger partial charge in [-0.1, -0.05) is 0 Å². The molecule has 0 saturated heterocycles. The smallest absolute Gasteiger partial charge is 0.258 e. The van der Waals surface area contributed by atoms with E-state index in [1.54, 1.807) is 0 Å². The maximum atomic E-state index is 11.2. The highest BCUT2D eigenvalue weighted by atomic mass is 32.2. The molecule has 0 unspecified atom stereocenters. The molecule has 0 spiro atoms. The van der Waals surface area contributed by atoms with E-state index in [-0.39, 0.29) is 0 Å². The number of hydrogen-bond acceptors (Lipinski definition) is 11. The number of hydrogen-bond donors (Lipinski definition) is 0. The van der Waals surface area contributed by atoms with Crippen LogP contribution in [0.1, 0.15) is 13.8 Å². The van der Waals surface area contributed by atoms with E-state index in [9.17, 15) is 44.7 Å². The van der Waals surface area contributed by atoms with Gasteiger partial charge < -0.3 is 0 Å². The predicted octanol–water partition coefficient (Wildman–Crippen LogP) is -0.862. The van der Waals surface area contributed by atoms with Crippen molar-refractivity contribution in [2.45, 2.75) is 25.2 Å². The summed E-state index contributed by atoms with van der Waals surface area (Å²) >= 11 is -2.90. The van der Waals surface area contributed by atoms with Crippen LogP contribution in [0.4, 0.5) is 0 Å². The summed E-state index contributed by atoms with van der Waals surface area (Å²) in [5.41, 5.74) is -5.65. The second-order valence-corrected chi connectivity index (χ2v) is 5.07. The standard InChI is InChI=1S/C6H10N4O11S/c1-5(7(11)12,8(13)14)3-20-22(19)21-4-6(2,9(15)16)10(17)18/h3-4H2,1-2H3. The summed E-state index contributed by atoms with van der Waals surface area (Å²) in [6, 6.07) is 0. The van der Waals surface area contributed by atoms with Gasteiger partial charge in [0.1, 0.15) is 19.7 Å². The summed E-state index contributed by atoms with van der Waals surface area (Å²) in [4.78, 5) is 36.9. The Morgan fingerprint density at radius 1 is 0.773 bits per heavy atom. The maximum absolute atomic E-state index is 11.2. The first-order chi connectivity index (χ1) is 9.87. The largest absolute Gasteiger partial charge is 0.479 e. The van der Waals surface area contributed by atoms with Gasteiger partial charge in [0, 0.05) is 0 Å². The quantitative estimate of drug-likeness (QED) is 0.270. The second kappa shape index (κ2) is 7.09. The molecule has 0 aliphatic heterocycles. The van der Waals surface area contributed by atoms with Crippen LogP contribution >= 0.6 is 0 Å². The molecule has 15 nitrogen and oxygen atoms in total. The monoisotopic (exact) mass is 346 g/mol. The molecule has 0 N–H and O–H groups in total. The minimum absolute atomic E-state index is 0.572. The predicted molar refractivity (Wildman–Crippen MR) is 64.8 cm³/mol. The third-order valence-corrected chi connectivity index (χ3v) is 3.05. The number of nitro groups is 4. The SMILES string of the molecule is CC(COS(=O)OCC(C)([N+](=O)[O-])[N+](=O)[O-])([N+](=O)[O-])[N+](=O)[O-]. The molecule has 0 aromatic rings. The Bertz CT molecular complexity index is 449. The molecule has 0 saturated carbocycles. The highest BCUT2D eigenvalue weighted by Gasteiger charge is 2.53. The summed E-state index contributed by atoms with van der Waals surface area (Å²) in [6.45, 7) is -1.43. The van der Waals surface area contributed by atoms with Crippen molar-refractivity contribution in [1.29, 1.82) is 0 Å². The second-order valence-electron chi connectivity index (χ2n) is 4.19. The van der Waals surface area contributed by atoms with Gasteiger partial charge in [-0.15, -0.1) is 0 Å². The van der Waals surface area contributed by atoms with Crippen molar-refractivity contribution in [3.8, 4) is 0 Å². The Morgan fingerprint density at radius 3 is 1.18 bits per heavy atom. The number of rotatable bonds is 10. The van der Waals surface area contributed by atoms with Crippen LogP contribution in [0.5, 0.6) is 0 Å². The first-order valence-electron chi connectivity index (χ1n) is 5.14. The minimum atomic E-state index is -2.90. The van der Waals surface area contributed by atoms with Gasteiger partial charge in [-0.05, 0) is 0 Å². The zero-order valence-electron chi connectivity index (χ0n) is 11.1. The highest BCUT2D eigenvalue weighted by molar-refractivity contribution is 7.75.